The molecule has 4 amide bonds. The number of phenols is 1. The van der Waals surface area contributed by atoms with Crippen molar-refractivity contribution in [3.8, 4) is 11.5 Å². The zero-order chi connectivity index (χ0) is 36.2. The van der Waals surface area contributed by atoms with Gasteiger partial charge in [0.15, 0.2) is 44.5 Å². The number of anilines is 1. The number of ether oxygens (including phenoxy) is 1. The Hall–Kier alpha value is -3.76. The number of rotatable bonds is 5. The number of allylic oxidation sites excluding steroid dienone is 2. The van der Waals surface area contributed by atoms with Gasteiger partial charge < -0.3 is 9.84 Å². The number of carbonyl (C=O) groups is 4. The van der Waals surface area contributed by atoms with Gasteiger partial charge >= 0.3 is 0 Å². The second-order valence-corrected chi connectivity index (χ2v) is 14.9. The monoisotopic (exact) mass is 846 g/mol. The van der Waals surface area contributed by atoms with E-state index in [-0.39, 0.29) is 44.1 Å². The van der Waals surface area contributed by atoms with E-state index in [1.54, 1.807) is 59.0 Å². The van der Waals surface area contributed by atoms with Crippen LogP contribution in [0.3, 0.4) is 0 Å². The van der Waals surface area contributed by atoms with Crippen molar-refractivity contribution in [2.24, 2.45) is 17.8 Å². The summed E-state index contributed by atoms with van der Waals surface area (Å²) in [6.07, 6.45) is 0.975. The van der Waals surface area contributed by atoms with Crippen molar-refractivity contribution in [1.82, 2.24) is 4.90 Å². The van der Waals surface area contributed by atoms with Gasteiger partial charge in [-0.25, -0.2) is 26.9 Å². The van der Waals surface area contributed by atoms with Gasteiger partial charge in [-0.05, 0) is 64.6 Å². The number of nitrogens with zero attached hydrogens (tertiary/aromatic N) is 2. The summed E-state index contributed by atoms with van der Waals surface area (Å²) in [6, 6.07) is 11.4. The maximum atomic E-state index is 15.2. The second kappa shape index (κ2) is 11.9. The van der Waals surface area contributed by atoms with Gasteiger partial charge in [-0.2, -0.15) is 0 Å². The SMILES string of the molecule is COc1cc(C2C3=CCC4C(=O)N(Cc5ccccc5)C(=O)C4C3CC3(Cl)C(=O)N(c4c(F)c(F)c(F)c(F)c4F)C(=O)C23Cl)cc(I)c1O. The number of benzene rings is 3. The molecule has 6 atom stereocenters. The average Bonchev–Trinajstić information content (AvgIpc) is 3.42. The molecule has 2 aliphatic carbocycles. The lowest BCUT2D eigenvalue weighted by Crippen LogP contribution is -2.60. The molecule has 4 aliphatic rings. The van der Waals surface area contributed by atoms with Crippen LogP contribution in [0.2, 0.25) is 0 Å². The van der Waals surface area contributed by atoms with Gasteiger partial charge in [0.05, 0.1) is 29.1 Å². The van der Waals surface area contributed by atoms with Crippen molar-refractivity contribution in [2.45, 2.75) is 35.1 Å². The van der Waals surface area contributed by atoms with Gasteiger partial charge in [-0.1, -0.05) is 42.0 Å². The molecule has 1 saturated carbocycles. The second-order valence-electron chi connectivity index (χ2n) is 12.5. The number of aromatic hydroxyl groups is 1. The molecule has 2 aliphatic heterocycles. The van der Waals surface area contributed by atoms with E-state index in [0.29, 0.717) is 5.56 Å². The minimum absolute atomic E-state index is 0.000913. The first-order valence-corrected chi connectivity index (χ1v) is 16.9. The van der Waals surface area contributed by atoms with Crippen molar-refractivity contribution in [2.75, 3.05) is 12.0 Å². The molecule has 1 N–H and O–H groups in total. The van der Waals surface area contributed by atoms with Crippen molar-refractivity contribution in [3.05, 3.63) is 97.9 Å². The third-order valence-electron chi connectivity index (χ3n) is 10.1. The van der Waals surface area contributed by atoms with E-state index in [1.807, 2.05) is 0 Å². The standard InChI is InChI=1S/C34H22Cl2F5IN2O6/c1-50-19-10-14(9-18(42)28(19)45)21-15-7-8-16-20(30(47)43(29(16)46)12-13-5-3-2-4-6-13)17(15)11-33(35)31(48)44(32(49)34(21,33)36)27-25(40)23(38)22(37)24(39)26(27)41/h2-7,9-10,16-17,20-21,45H,8,11-12H2,1H3. The van der Waals surface area contributed by atoms with Crippen LogP contribution in [0.1, 0.15) is 29.9 Å². The summed E-state index contributed by atoms with van der Waals surface area (Å²) in [5.41, 5.74) is -0.809. The number of imide groups is 2. The van der Waals surface area contributed by atoms with Gasteiger partial charge in [-0.3, -0.25) is 24.1 Å². The molecule has 0 bridgehead atoms. The smallest absolute Gasteiger partial charge is 0.258 e. The molecule has 16 heteroatoms. The molecule has 0 spiro atoms. The van der Waals surface area contributed by atoms with Crippen LogP contribution in [0, 0.1) is 50.4 Å². The third kappa shape index (κ3) is 4.52. The van der Waals surface area contributed by atoms with Crippen LogP contribution in [0.15, 0.2) is 54.1 Å². The molecule has 2 heterocycles. The Bertz CT molecular complexity index is 2060. The zero-order valence-corrected chi connectivity index (χ0v) is 29.1. The molecular weight excluding hydrogens is 825 g/mol. The highest BCUT2D eigenvalue weighted by atomic mass is 127. The lowest BCUT2D eigenvalue weighted by molar-refractivity contribution is -0.141. The van der Waals surface area contributed by atoms with Gasteiger partial charge in [0.25, 0.3) is 11.8 Å². The van der Waals surface area contributed by atoms with Crippen LogP contribution in [-0.4, -0.2) is 50.5 Å². The quantitative estimate of drug-likeness (QED) is 0.0602. The van der Waals surface area contributed by atoms with E-state index >= 15 is 8.78 Å². The normalized spacial score (nSPS) is 28.9. The number of amides is 4. The van der Waals surface area contributed by atoms with Crippen molar-refractivity contribution in [3.63, 3.8) is 0 Å². The first-order chi connectivity index (χ1) is 23.6. The maximum Gasteiger partial charge on any atom is 0.258 e. The third-order valence-corrected chi connectivity index (χ3v) is 12.3. The van der Waals surface area contributed by atoms with E-state index in [9.17, 15) is 37.5 Å². The van der Waals surface area contributed by atoms with E-state index in [0.717, 1.165) is 4.90 Å². The lowest BCUT2D eigenvalue weighted by Gasteiger charge is -2.50. The summed E-state index contributed by atoms with van der Waals surface area (Å²) >= 11 is 16.1. The highest BCUT2D eigenvalue weighted by molar-refractivity contribution is 14.1. The van der Waals surface area contributed by atoms with Crippen LogP contribution < -0.4 is 9.64 Å². The van der Waals surface area contributed by atoms with Crippen LogP contribution >= 0.6 is 45.8 Å². The summed E-state index contributed by atoms with van der Waals surface area (Å²) in [6.45, 7) is -0.0543. The van der Waals surface area contributed by atoms with Gasteiger partial charge in [-0.15, -0.1) is 23.2 Å². The topological polar surface area (TPSA) is 104 Å². The molecule has 0 aromatic heterocycles. The molecule has 0 radical (unpaired) electrons. The van der Waals surface area contributed by atoms with Crippen LogP contribution in [0.25, 0.3) is 0 Å². The summed E-state index contributed by atoms with van der Waals surface area (Å²) in [5, 5.41) is 10.6. The Labute approximate surface area is 303 Å². The fourth-order valence-corrected chi connectivity index (χ4v) is 9.40. The highest BCUT2D eigenvalue weighted by Crippen LogP contribution is 2.66. The average molecular weight is 847 g/mol. The molecule has 2 saturated heterocycles. The zero-order valence-electron chi connectivity index (χ0n) is 25.5. The molecule has 50 heavy (non-hydrogen) atoms. The molecule has 7 rings (SSSR count). The Morgan fingerprint density at radius 2 is 1.52 bits per heavy atom. The number of hydrogen-bond donors (Lipinski definition) is 1. The van der Waals surface area contributed by atoms with Crippen molar-refractivity contribution < 1.29 is 51.0 Å². The lowest BCUT2D eigenvalue weighted by atomic mass is 9.56. The summed E-state index contributed by atoms with van der Waals surface area (Å²) in [7, 11) is 1.24. The number of carbonyl (C=O) groups excluding carboxylic acids is 4. The maximum absolute atomic E-state index is 15.2. The fraction of sp³-hybridized carbons (Fsp3) is 0.294. The number of methoxy groups -OCH3 is 1. The number of phenolic OH excluding ortho intramolecular Hbond substituents is 1. The first-order valence-electron chi connectivity index (χ1n) is 15.0. The van der Waals surface area contributed by atoms with Crippen molar-refractivity contribution >= 4 is 75.1 Å². The van der Waals surface area contributed by atoms with Crippen LogP contribution in [0.5, 0.6) is 11.5 Å². The first kappa shape index (κ1) is 34.7. The predicted molar refractivity (Wildman–Crippen MR) is 176 cm³/mol. The summed E-state index contributed by atoms with van der Waals surface area (Å²) < 4.78 is 78.9. The number of fused-ring (bicyclic) bond motifs is 4. The van der Waals surface area contributed by atoms with Gasteiger partial charge in [0.1, 0.15) is 5.69 Å². The summed E-state index contributed by atoms with van der Waals surface area (Å²) in [5.74, 6) is -21.5. The summed E-state index contributed by atoms with van der Waals surface area (Å²) in [4.78, 5) is 52.1. The minimum atomic E-state index is -2.69. The van der Waals surface area contributed by atoms with Crippen LogP contribution in [0.4, 0.5) is 27.6 Å². The van der Waals surface area contributed by atoms with Crippen molar-refractivity contribution in [1.29, 1.82) is 0 Å². The Kier molecular flexibility index (Phi) is 8.26. The number of hydrogen-bond acceptors (Lipinski definition) is 6. The predicted octanol–water partition coefficient (Wildman–Crippen LogP) is 6.46. The molecule has 6 unspecified atom stereocenters. The molecule has 3 aromatic carbocycles. The Morgan fingerprint density at radius 1 is 0.900 bits per heavy atom. The number of alkyl halides is 2. The van der Waals surface area contributed by atoms with E-state index in [1.165, 1.54) is 19.2 Å². The Morgan fingerprint density at radius 3 is 2.14 bits per heavy atom. The molecular formula is C34H22Cl2F5IN2O6. The largest absolute Gasteiger partial charge is 0.504 e. The molecule has 8 nitrogen and oxygen atoms in total. The van der Waals surface area contributed by atoms with Gasteiger partial charge in [0, 0.05) is 5.92 Å². The number of likely N-dealkylation sites (tertiary alicyclic amines) is 1. The van der Waals surface area contributed by atoms with Crippen LogP contribution in [-0.2, 0) is 25.7 Å². The highest BCUT2D eigenvalue weighted by Gasteiger charge is 2.77. The Balaban J connectivity index is 1.43. The molecule has 3 aromatic rings. The van der Waals surface area contributed by atoms with Gasteiger partial charge in [0.2, 0.25) is 17.6 Å². The minimum Gasteiger partial charge on any atom is -0.504 e. The van der Waals surface area contributed by atoms with E-state index in [4.69, 9.17) is 27.9 Å². The number of halogens is 8. The fourth-order valence-electron chi connectivity index (χ4n) is 7.84. The van der Waals surface area contributed by atoms with E-state index in [2.05, 4.69) is 0 Å². The molecule has 3 fully saturated rings. The molecule has 260 valence electrons. The van der Waals surface area contributed by atoms with E-state index < -0.39 is 98.2 Å².